The molecule has 5 nitrogen and oxygen atoms in total. The molecule has 82 valence electrons. The topological polar surface area (TPSA) is 67.1 Å². The van der Waals surface area contributed by atoms with Gasteiger partial charge in [-0.15, -0.1) is 21.6 Å². The maximum Gasteiger partial charge on any atom is 0.229 e. The molecule has 1 aromatic heterocycles. The van der Waals surface area contributed by atoms with Gasteiger partial charge >= 0.3 is 0 Å². The smallest absolute Gasteiger partial charge is 0.229 e. The van der Waals surface area contributed by atoms with Gasteiger partial charge in [-0.25, -0.2) is 4.98 Å². The van der Waals surface area contributed by atoms with Gasteiger partial charge in [-0.2, -0.15) is 0 Å². The van der Waals surface area contributed by atoms with Crippen molar-refractivity contribution in [2.24, 2.45) is 10.2 Å². The summed E-state index contributed by atoms with van der Waals surface area (Å²) >= 11 is 1.40. The molecule has 6 heteroatoms. The first-order valence-corrected chi connectivity index (χ1v) is 5.42. The van der Waals surface area contributed by atoms with Gasteiger partial charge in [0.2, 0.25) is 5.13 Å². The number of hydrogen-bond donors (Lipinski definition) is 1. The number of phenols is 1. The van der Waals surface area contributed by atoms with Crippen LogP contribution in [0.5, 0.6) is 11.5 Å². The fraction of sp³-hybridized carbons (Fsp3) is 0.100. The Hall–Kier alpha value is -1.95. The second kappa shape index (κ2) is 5.22. The van der Waals surface area contributed by atoms with Gasteiger partial charge in [0.15, 0.2) is 18.2 Å². The van der Waals surface area contributed by atoms with Crippen LogP contribution in [0, 0.1) is 0 Å². The van der Waals surface area contributed by atoms with E-state index in [0.717, 1.165) is 0 Å². The number of phenolic OH excluding ortho intramolecular Hbond substituents is 1. The zero-order valence-electron chi connectivity index (χ0n) is 8.28. The van der Waals surface area contributed by atoms with Crippen molar-refractivity contribution in [1.82, 2.24) is 4.98 Å². The van der Waals surface area contributed by atoms with E-state index in [4.69, 9.17) is 4.74 Å². The van der Waals surface area contributed by atoms with Crippen molar-refractivity contribution in [3.05, 3.63) is 35.8 Å². The van der Waals surface area contributed by atoms with Gasteiger partial charge in [-0.05, 0) is 12.1 Å². The fourth-order valence-corrected chi connectivity index (χ4v) is 1.50. The summed E-state index contributed by atoms with van der Waals surface area (Å²) in [5, 5.41) is 19.4. The van der Waals surface area contributed by atoms with E-state index in [-0.39, 0.29) is 12.5 Å². The zero-order chi connectivity index (χ0) is 11.2. The van der Waals surface area contributed by atoms with Crippen LogP contribution in [0.15, 0.2) is 46.1 Å². The summed E-state index contributed by atoms with van der Waals surface area (Å²) < 4.78 is 5.20. The summed E-state index contributed by atoms with van der Waals surface area (Å²) in [6.07, 6.45) is 1.66. The second-order valence-electron chi connectivity index (χ2n) is 2.80. The van der Waals surface area contributed by atoms with Crippen LogP contribution in [0.3, 0.4) is 0 Å². The number of thiazole rings is 1. The maximum absolute atomic E-state index is 9.39. The molecule has 16 heavy (non-hydrogen) atoms. The molecule has 0 saturated heterocycles. The monoisotopic (exact) mass is 235 g/mol. The van der Waals surface area contributed by atoms with Crippen molar-refractivity contribution in [2.75, 3.05) is 6.73 Å². The summed E-state index contributed by atoms with van der Waals surface area (Å²) in [5.74, 6) is 0.479. The van der Waals surface area contributed by atoms with Crippen LogP contribution in [0.4, 0.5) is 5.13 Å². The van der Waals surface area contributed by atoms with Crippen molar-refractivity contribution in [2.45, 2.75) is 0 Å². The van der Waals surface area contributed by atoms with E-state index in [9.17, 15) is 5.11 Å². The van der Waals surface area contributed by atoms with Crippen molar-refractivity contribution < 1.29 is 9.84 Å². The largest absolute Gasteiger partial charge is 0.504 e. The third kappa shape index (κ3) is 2.77. The first-order chi connectivity index (χ1) is 7.86. The van der Waals surface area contributed by atoms with Crippen LogP contribution in [-0.4, -0.2) is 16.8 Å². The van der Waals surface area contributed by atoms with Crippen LogP contribution in [-0.2, 0) is 0 Å². The summed E-state index contributed by atoms with van der Waals surface area (Å²) in [6, 6.07) is 6.70. The molecule has 0 spiro atoms. The molecule has 0 aliphatic carbocycles. The maximum atomic E-state index is 9.39. The highest BCUT2D eigenvalue weighted by atomic mass is 32.1. The van der Waals surface area contributed by atoms with E-state index in [2.05, 4.69) is 15.2 Å². The third-order valence-electron chi connectivity index (χ3n) is 1.72. The molecule has 1 aromatic carbocycles. The Morgan fingerprint density at radius 1 is 1.38 bits per heavy atom. The molecule has 0 unspecified atom stereocenters. The van der Waals surface area contributed by atoms with E-state index in [0.29, 0.717) is 10.9 Å². The number of aromatic hydroxyl groups is 1. The van der Waals surface area contributed by atoms with Crippen LogP contribution < -0.4 is 4.74 Å². The number of rotatable bonds is 4. The van der Waals surface area contributed by atoms with Crippen molar-refractivity contribution >= 4 is 16.5 Å². The molecule has 0 aliphatic rings. The lowest BCUT2D eigenvalue weighted by molar-refractivity contribution is 0.304. The normalized spacial score (nSPS) is 10.8. The van der Waals surface area contributed by atoms with Crippen molar-refractivity contribution in [1.29, 1.82) is 0 Å². The average molecular weight is 235 g/mol. The number of nitrogens with zero attached hydrogens (tertiary/aromatic N) is 3. The highest BCUT2D eigenvalue weighted by Crippen LogP contribution is 2.24. The Bertz CT molecular complexity index is 471. The van der Waals surface area contributed by atoms with E-state index in [1.54, 1.807) is 30.5 Å². The number of hydrogen-bond acceptors (Lipinski definition) is 6. The lowest BCUT2D eigenvalue weighted by Gasteiger charge is -2.02. The zero-order valence-corrected chi connectivity index (χ0v) is 9.09. The summed E-state index contributed by atoms with van der Waals surface area (Å²) in [6.45, 7) is 0.0527. The van der Waals surface area contributed by atoms with Gasteiger partial charge in [-0.3, -0.25) is 0 Å². The minimum Gasteiger partial charge on any atom is -0.504 e. The number of benzene rings is 1. The van der Waals surface area contributed by atoms with Gasteiger partial charge < -0.3 is 9.84 Å². The van der Waals surface area contributed by atoms with E-state index >= 15 is 0 Å². The molecular formula is C10H9N3O2S. The number of aromatic nitrogens is 1. The molecule has 1 heterocycles. The first-order valence-electron chi connectivity index (χ1n) is 4.54. The SMILES string of the molecule is Oc1ccccc1OCN=Nc1nccs1. The number of ether oxygens (including phenoxy) is 1. The first kappa shape index (κ1) is 10.6. The predicted octanol–water partition coefficient (Wildman–Crippen LogP) is 2.97. The lowest BCUT2D eigenvalue weighted by Crippen LogP contribution is -1.92. The molecule has 1 N–H and O–H groups in total. The molecule has 0 amide bonds. The number of azo groups is 1. The standard InChI is InChI=1S/C10H9N3O2S/c14-8-3-1-2-4-9(8)15-7-12-13-10-11-5-6-16-10/h1-6,14H,7H2. The highest BCUT2D eigenvalue weighted by Gasteiger charge is 1.98. The van der Waals surface area contributed by atoms with Gasteiger partial charge in [0.05, 0.1) is 0 Å². The molecule has 0 saturated carbocycles. The van der Waals surface area contributed by atoms with Gasteiger partial charge in [0, 0.05) is 11.6 Å². The second-order valence-corrected chi connectivity index (χ2v) is 3.67. The van der Waals surface area contributed by atoms with Crippen LogP contribution in [0.25, 0.3) is 0 Å². The molecule has 2 rings (SSSR count). The molecule has 0 bridgehead atoms. The highest BCUT2D eigenvalue weighted by molar-refractivity contribution is 7.13. The average Bonchev–Trinajstić information content (AvgIpc) is 2.79. The van der Waals surface area contributed by atoms with E-state index < -0.39 is 0 Å². The van der Waals surface area contributed by atoms with Crippen molar-refractivity contribution in [3.8, 4) is 11.5 Å². The minimum absolute atomic E-state index is 0.0527. The molecular weight excluding hydrogens is 226 g/mol. The van der Waals surface area contributed by atoms with Crippen LogP contribution in [0.1, 0.15) is 0 Å². The summed E-state index contributed by atoms with van der Waals surface area (Å²) in [5.41, 5.74) is 0. The van der Waals surface area contributed by atoms with Crippen LogP contribution in [0.2, 0.25) is 0 Å². The molecule has 0 aliphatic heterocycles. The summed E-state index contributed by atoms with van der Waals surface area (Å²) in [7, 11) is 0. The Kier molecular flexibility index (Phi) is 3.45. The van der Waals surface area contributed by atoms with Crippen molar-refractivity contribution in [3.63, 3.8) is 0 Å². The summed E-state index contributed by atoms with van der Waals surface area (Å²) in [4.78, 5) is 3.93. The third-order valence-corrected chi connectivity index (χ3v) is 2.37. The molecule has 0 fully saturated rings. The predicted molar refractivity (Wildman–Crippen MR) is 60.2 cm³/mol. The van der Waals surface area contributed by atoms with Gasteiger partial charge in [0.1, 0.15) is 0 Å². The lowest BCUT2D eigenvalue weighted by atomic mass is 10.3. The Labute approximate surface area is 96.1 Å². The number of para-hydroxylation sites is 2. The van der Waals surface area contributed by atoms with Gasteiger partial charge in [-0.1, -0.05) is 12.1 Å². The Morgan fingerprint density at radius 2 is 2.25 bits per heavy atom. The molecule has 0 radical (unpaired) electrons. The Morgan fingerprint density at radius 3 is 3.00 bits per heavy atom. The molecule has 2 aromatic rings. The quantitative estimate of drug-likeness (QED) is 0.828. The van der Waals surface area contributed by atoms with Crippen LogP contribution >= 0.6 is 11.3 Å². The Balaban J connectivity index is 1.87. The van der Waals surface area contributed by atoms with E-state index in [1.807, 2.05) is 5.38 Å². The molecule has 0 atom stereocenters. The van der Waals surface area contributed by atoms with E-state index in [1.165, 1.54) is 11.3 Å². The minimum atomic E-state index is 0.0527. The van der Waals surface area contributed by atoms with Gasteiger partial charge in [0.25, 0.3) is 0 Å². The fourth-order valence-electron chi connectivity index (χ4n) is 1.03.